The van der Waals surface area contributed by atoms with Crippen LogP contribution in [0.5, 0.6) is 0 Å². The first-order valence-corrected chi connectivity index (χ1v) is 6.41. The monoisotopic (exact) mass is 274 g/mol. The molecule has 0 atom stereocenters. The van der Waals surface area contributed by atoms with Crippen LogP contribution in [0.4, 0.5) is 0 Å². The summed E-state index contributed by atoms with van der Waals surface area (Å²) in [4.78, 5) is 35.5. The van der Waals surface area contributed by atoms with Gasteiger partial charge >= 0.3 is 0 Å². The van der Waals surface area contributed by atoms with Crippen LogP contribution in [-0.4, -0.2) is 35.7 Å². The first kappa shape index (κ1) is 15.6. The number of hydrogen-bond acceptors (Lipinski definition) is 3. The fraction of sp³-hybridized carbons (Fsp3) is 0.267. The molecule has 1 aliphatic heterocycles. The summed E-state index contributed by atoms with van der Waals surface area (Å²) in [7, 11) is 0. The standard InChI is InChI=1S/C15H18N2O3/c1-3-5-6-7-12(4-2)15(20)16-10-11-17-13(18)8-9-14(17)19/h4-9H,2-3,10-11H2,1H3,(H,16,20). The summed E-state index contributed by atoms with van der Waals surface area (Å²) in [6.07, 6.45) is 10.2. The normalized spacial score (nSPS) is 15.2. The Morgan fingerprint density at radius 3 is 2.55 bits per heavy atom. The molecule has 3 amide bonds. The van der Waals surface area contributed by atoms with Crippen LogP contribution in [0.3, 0.4) is 0 Å². The second-order valence-corrected chi connectivity index (χ2v) is 4.08. The van der Waals surface area contributed by atoms with E-state index in [1.165, 1.54) is 18.2 Å². The Labute approximate surface area is 118 Å². The molecule has 1 aliphatic rings. The summed E-state index contributed by atoms with van der Waals surface area (Å²) >= 11 is 0. The van der Waals surface area contributed by atoms with Crippen LogP contribution >= 0.6 is 0 Å². The molecular formula is C15H18N2O3. The van der Waals surface area contributed by atoms with Crippen molar-refractivity contribution in [1.29, 1.82) is 0 Å². The molecule has 0 aromatic rings. The van der Waals surface area contributed by atoms with Crippen LogP contribution in [0, 0.1) is 0 Å². The van der Waals surface area contributed by atoms with Gasteiger partial charge in [0.2, 0.25) is 0 Å². The van der Waals surface area contributed by atoms with Gasteiger partial charge in [-0.15, -0.1) is 0 Å². The third-order valence-corrected chi connectivity index (χ3v) is 2.65. The van der Waals surface area contributed by atoms with Crippen molar-refractivity contribution in [3.05, 3.63) is 48.6 Å². The van der Waals surface area contributed by atoms with Crippen molar-refractivity contribution in [2.75, 3.05) is 13.1 Å². The number of hydrogen-bond donors (Lipinski definition) is 1. The van der Waals surface area contributed by atoms with Crippen LogP contribution in [0.1, 0.15) is 13.3 Å². The van der Waals surface area contributed by atoms with Crippen molar-refractivity contribution in [2.45, 2.75) is 13.3 Å². The minimum absolute atomic E-state index is 0.158. The van der Waals surface area contributed by atoms with E-state index in [9.17, 15) is 14.4 Å². The van der Waals surface area contributed by atoms with Crippen LogP contribution in [0.25, 0.3) is 0 Å². The number of imide groups is 1. The Kier molecular flexibility index (Phi) is 6.16. The summed E-state index contributed by atoms with van der Waals surface area (Å²) in [6, 6.07) is 0. The van der Waals surface area contributed by atoms with E-state index in [4.69, 9.17) is 0 Å². The number of nitrogens with zero attached hydrogens (tertiary/aromatic N) is 1. The molecule has 0 radical (unpaired) electrons. The highest BCUT2D eigenvalue weighted by Crippen LogP contribution is 2.02. The molecule has 0 aromatic carbocycles. The van der Waals surface area contributed by atoms with Crippen LogP contribution < -0.4 is 5.32 Å². The first-order chi connectivity index (χ1) is 9.60. The third kappa shape index (κ3) is 4.35. The smallest absolute Gasteiger partial charge is 0.253 e. The van der Waals surface area contributed by atoms with Gasteiger partial charge in [-0.2, -0.15) is 0 Å². The van der Waals surface area contributed by atoms with E-state index < -0.39 is 0 Å². The molecule has 5 nitrogen and oxygen atoms in total. The van der Waals surface area contributed by atoms with Crippen molar-refractivity contribution in [2.24, 2.45) is 0 Å². The second kappa shape index (κ2) is 7.89. The summed E-state index contributed by atoms with van der Waals surface area (Å²) in [5.41, 5.74) is 0.437. The van der Waals surface area contributed by atoms with Crippen LogP contribution in [-0.2, 0) is 14.4 Å². The number of amides is 3. The first-order valence-electron chi connectivity index (χ1n) is 6.41. The van der Waals surface area contributed by atoms with Gasteiger partial charge in [0.1, 0.15) is 0 Å². The van der Waals surface area contributed by atoms with Crippen molar-refractivity contribution >= 4 is 17.7 Å². The molecule has 0 spiro atoms. The van der Waals surface area contributed by atoms with Crippen molar-refractivity contribution < 1.29 is 14.4 Å². The lowest BCUT2D eigenvalue weighted by atomic mass is 10.2. The highest BCUT2D eigenvalue weighted by atomic mass is 16.2. The maximum atomic E-state index is 11.8. The van der Waals surface area contributed by atoms with Gasteiger partial charge in [-0.25, -0.2) is 0 Å². The molecule has 0 aromatic heterocycles. The summed E-state index contributed by atoms with van der Waals surface area (Å²) in [5, 5.41) is 2.64. The molecule has 1 rings (SSSR count). The SMILES string of the molecule is C=CC(=CC=CCC)C(=O)NCCN1C(=O)C=CC1=O. The van der Waals surface area contributed by atoms with E-state index in [1.807, 2.05) is 13.0 Å². The minimum Gasteiger partial charge on any atom is -0.350 e. The minimum atomic E-state index is -0.352. The molecule has 20 heavy (non-hydrogen) atoms. The predicted octanol–water partition coefficient (Wildman–Crippen LogP) is 1.11. The highest BCUT2D eigenvalue weighted by Gasteiger charge is 2.22. The summed E-state index contributed by atoms with van der Waals surface area (Å²) < 4.78 is 0. The average Bonchev–Trinajstić information content (AvgIpc) is 2.75. The maximum absolute atomic E-state index is 11.8. The van der Waals surface area contributed by atoms with Gasteiger partial charge in [0.15, 0.2) is 0 Å². The molecule has 0 fully saturated rings. The zero-order valence-corrected chi connectivity index (χ0v) is 11.5. The number of rotatable bonds is 7. The lowest BCUT2D eigenvalue weighted by Crippen LogP contribution is -2.38. The molecule has 1 N–H and O–H groups in total. The lowest BCUT2D eigenvalue weighted by molar-refractivity contribution is -0.137. The predicted molar refractivity (Wildman–Crippen MR) is 76.6 cm³/mol. The van der Waals surface area contributed by atoms with Gasteiger partial charge in [-0.1, -0.05) is 31.7 Å². The van der Waals surface area contributed by atoms with Gasteiger partial charge in [-0.05, 0) is 12.5 Å². The van der Waals surface area contributed by atoms with E-state index >= 15 is 0 Å². The Morgan fingerprint density at radius 2 is 2.00 bits per heavy atom. The molecule has 1 heterocycles. The molecular weight excluding hydrogens is 256 g/mol. The summed E-state index contributed by atoms with van der Waals surface area (Å²) in [5.74, 6) is -0.989. The fourth-order valence-electron chi connectivity index (χ4n) is 1.58. The van der Waals surface area contributed by atoms with Gasteiger partial charge in [0, 0.05) is 30.8 Å². The molecule has 0 unspecified atom stereocenters. The van der Waals surface area contributed by atoms with E-state index in [0.717, 1.165) is 11.3 Å². The van der Waals surface area contributed by atoms with E-state index in [2.05, 4.69) is 11.9 Å². The Morgan fingerprint density at radius 1 is 1.35 bits per heavy atom. The number of nitrogens with one attached hydrogen (secondary N) is 1. The Balaban J connectivity index is 2.44. The van der Waals surface area contributed by atoms with Crippen LogP contribution in [0.15, 0.2) is 48.6 Å². The lowest BCUT2D eigenvalue weighted by Gasteiger charge is -2.14. The Bertz CT molecular complexity index is 483. The highest BCUT2D eigenvalue weighted by molar-refractivity contribution is 6.12. The largest absolute Gasteiger partial charge is 0.350 e. The topological polar surface area (TPSA) is 66.5 Å². The molecule has 0 saturated carbocycles. The van der Waals surface area contributed by atoms with Crippen molar-refractivity contribution in [3.8, 4) is 0 Å². The van der Waals surface area contributed by atoms with Gasteiger partial charge < -0.3 is 5.32 Å². The van der Waals surface area contributed by atoms with Crippen molar-refractivity contribution in [3.63, 3.8) is 0 Å². The summed E-state index contributed by atoms with van der Waals surface area (Å²) in [6.45, 7) is 5.94. The quantitative estimate of drug-likeness (QED) is 0.429. The van der Waals surface area contributed by atoms with Gasteiger partial charge in [0.05, 0.1) is 0 Å². The molecule has 0 bridgehead atoms. The molecule has 5 heteroatoms. The van der Waals surface area contributed by atoms with E-state index in [0.29, 0.717) is 5.57 Å². The number of allylic oxidation sites excluding steroid dienone is 3. The zero-order valence-electron chi connectivity index (χ0n) is 11.5. The van der Waals surface area contributed by atoms with Crippen molar-refractivity contribution in [1.82, 2.24) is 10.2 Å². The van der Waals surface area contributed by atoms with Gasteiger partial charge in [0.25, 0.3) is 17.7 Å². The van der Waals surface area contributed by atoms with Crippen LogP contribution in [0.2, 0.25) is 0 Å². The van der Waals surface area contributed by atoms with E-state index in [-0.39, 0.29) is 30.8 Å². The number of carbonyl (C=O) groups is 3. The maximum Gasteiger partial charge on any atom is 0.253 e. The molecule has 0 saturated heterocycles. The zero-order chi connectivity index (χ0) is 15.0. The molecule has 106 valence electrons. The van der Waals surface area contributed by atoms with E-state index in [1.54, 1.807) is 12.2 Å². The van der Waals surface area contributed by atoms with Gasteiger partial charge in [-0.3, -0.25) is 19.3 Å². The number of carbonyl (C=O) groups excluding carboxylic acids is 3. The molecule has 0 aliphatic carbocycles. The second-order valence-electron chi connectivity index (χ2n) is 4.08. The Hall–Kier alpha value is -2.43. The average molecular weight is 274 g/mol. The third-order valence-electron chi connectivity index (χ3n) is 2.65. The fourth-order valence-corrected chi connectivity index (χ4v) is 1.58.